The Balaban J connectivity index is 1.37. The standard InChI is InChI=1S/C19H23N3O3/c1-20-17(24)16-8-15(23)9-22(16)19(18(20)25)10-21(11-19)14-6-12-4-2-3-5-13(12)7-14/h2-5,14-16,23H,6-11H2,1H3/t15-,16+/m1/s1. The number of benzene rings is 1. The van der Waals surface area contributed by atoms with Crippen molar-refractivity contribution < 1.29 is 14.7 Å². The van der Waals surface area contributed by atoms with E-state index in [1.54, 1.807) is 7.05 Å². The van der Waals surface area contributed by atoms with Crippen LogP contribution in [0.5, 0.6) is 0 Å². The predicted molar refractivity (Wildman–Crippen MR) is 90.8 cm³/mol. The molecule has 3 aliphatic heterocycles. The van der Waals surface area contributed by atoms with Crippen LogP contribution in [0.2, 0.25) is 0 Å². The van der Waals surface area contributed by atoms with Crippen molar-refractivity contribution in [2.45, 2.75) is 43.0 Å². The molecular weight excluding hydrogens is 318 g/mol. The van der Waals surface area contributed by atoms with Crippen molar-refractivity contribution in [3.8, 4) is 0 Å². The second-order valence-electron chi connectivity index (χ2n) is 8.03. The molecule has 1 spiro atoms. The average molecular weight is 341 g/mol. The van der Waals surface area contributed by atoms with Crippen LogP contribution in [0.25, 0.3) is 0 Å². The summed E-state index contributed by atoms with van der Waals surface area (Å²) in [6.45, 7) is 1.74. The number of hydrogen-bond acceptors (Lipinski definition) is 5. The summed E-state index contributed by atoms with van der Waals surface area (Å²) in [5.41, 5.74) is 2.19. The van der Waals surface area contributed by atoms with E-state index in [4.69, 9.17) is 0 Å². The predicted octanol–water partition coefficient (Wildman–Crippen LogP) is -0.358. The van der Waals surface area contributed by atoms with Crippen molar-refractivity contribution in [2.24, 2.45) is 0 Å². The summed E-state index contributed by atoms with van der Waals surface area (Å²) in [5, 5.41) is 10.1. The Hall–Kier alpha value is -1.76. The number of imide groups is 1. The number of rotatable bonds is 1. The molecule has 2 amide bonds. The third-order valence-corrected chi connectivity index (χ3v) is 6.62. The highest BCUT2D eigenvalue weighted by atomic mass is 16.3. The lowest BCUT2D eigenvalue weighted by Gasteiger charge is -2.59. The fourth-order valence-electron chi connectivity index (χ4n) is 5.27. The van der Waals surface area contributed by atoms with Gasteiger partial charge in [0.05, 0.1) is 12.1 Å². The molecule has 0 unspecified atom stereocenters. The number of aliphatic hydroxyl groups excluding tert-OH is 1. The third-order valence-electron chi connectivity index (χ3n) is 6.62. The maximum absolute atomic E-state index is 12.9. The lowest BCUT2D eigenvalue weighted by atomic mass is 9.81. The highest BCUT2D eigenvalue weighted by Crippen LogP contribution is 2.42. The van der Waals surface area contributed by atoms with Gasteiger partial charge in [-0.25, -0.2) is 0 Å². The van der Waals surface area contributed by atoms with Crippen molar-refractivity contribution in [2.75, 3.05) is 26.7 Å². The first-order chi connectivity index (χ1) is 12.0. The highest BCUT2D eigenvalue weighted by Gasteiger charge is 2.64. The van der Waals surface area contributed by atoms with Gasteiger partial charge in [0, 0.05) is 32.7 Å². The molecule has 25 heavy (non-hydrogen) atoms. The molecule has 5 rings (SSSR count). The fourth-order valence-corrected chi connectivity index (χ4v) is 5.27. The van der Waals surface area contributed by atoms with Gasteiger partial charge in [0.2, 0.25) is 5.91 Å². The number of piperazine rings is 1. The molecule has 1 N–H and O–H groups in total. The second-order valence-corrected chi connectivity index (χ2v) is 8.03. The van der Waals surface area contributed by atoms with Crippen LogP contribution in [0, 0.1) is 0 Å². The first-order valence-corrected chi connectivity index (χ1v) is 9.07. The summed E-state index contributed by atoms with van der Waals surface area (Å²) in [6.07, 6.45) is 1.98. The molecule has 1 aromatic rings. The van der Waals surface area contributed by atoms with Gasteiger partial charge in [-0.1, -0.05) is 24.3 Å². The van der Waals surface area contributed by atoms with Crippen LogP contribution in [0.3, 0.4) is 0 Å². The molecule has 0 saturated carbocycles. The molecule has 3 fully saturated rings. The van der Waals surface area contributed by atoms with E-state index in [0.717, 1.165) is 12.8 Å². The van der Waals surface area contributed by atoms with Crippen molar-refractivity contribution >= 4 is 11.8 Å². The number of aliphatic hydroxyl groups is 1. The number of amides is 2. The van der Waals surface area contributed by atoms with Crippen LogP contribution >= 0.6 is 0 Å². The van der Waals surface area contributed by atoms with Crippen LogP contribution in [0.4, 0.5) is 0 Å². The average Bonchev–Trinajstić information content (AvgIpc) is 3.15. The zero-order valence-corrected chi connectivity index (χ0v) is 14.4. The lowest BCUT2D eigenvalue weighted by Crippen LogP contribution is -2.82. The van der Waals surface area contributed by atoms with E-state index in [9.17, 15) is 14.7 Å². The van der Waals surface area contributed by atoms with E-state index in [0.29, 0.717) is 32.1 Å². The number of likely N-dealkylation sites (N-methyl/N-ethyl adjacent to an activating group) is 1. The molecule has 2 atom stereocenters. The Bertz CT molecular complexity index is 733. The number of fused-ring (bicyclic) bond motifs is 3. The number of likely N-dealkylation sites (tertiary alicyclic amines) is 1. The molecule has 6 nitrogen and oxygen atoms in total. The quantitative estimate of drug-likeness (QED) is 0.707. The van der Waals surface area contributed by atoms with Gasteiger partial charge in [-0.15, -0.1) is 0 Å². The first kappa shape index (κ1) is 15.5. The topological polar surface area (TPSA) is 64.1 Å². The van der Waals surface area contributed by atoms with Gasteiger partial charge in [-0.05, 0) is 30.4 Å². The summed E-state index contributed by atoms with van der Waals surface area (Å²) >= 11 is 0. The van der Waals surface area contributed by atoms with Gasteiger partial charge < -0.3 is 5.11 Å². The molecule has 3 saturated heterocycles. The normalized spacial score (nSPS) is 32.2. The van der Waals surface area contributed by atoms with Gasteiger partial charge in [0.15, 0.2) is 0 Å². The number of nitrogens with zero attached hydrogens (tertiary/aromatic N) is 3. The summed E-state index contributed by atoms with van der Waals surface area (Å²) in [5.74, 6) is -0.270. The lowest BCUT2D eigenvalue weighted by molar-refractivity contribution is -0.180. The Morgan fingerprint density at radius 2 is 1.76 bits per heavy atom. The van der Waals surface area contributed by atoms with Gasteiger partial charge in [-0.2, -0.15) is 0 Å². The van der Waals surface area contributed by atoms with Crippen LogP contribution in [0.1, 0.15) is 17.5 Å². The first-order valence-electron chi connectivity index (χ1n) is 9.07. The molecule has 1 aromatic carbocycles. The fraction of sp³-hybridized carbons (Fsp3) is 0.579. The van der Waals surface area contributed by atoms with E-state index >= 15 is 0 Å². The van der Waals surface area contributed by atoms with Gasteiger partial charge >= 0.3 is 0 Å². The van der Waals surface area contributed by atoms with E-state index in [1.807, 2.05) is 4.90 Å². The summed E-state index contributed by atoms with van der Waals surface area (Å²) in [6, 6.07) is 8.64. The number of β-amino-alcohol motifs (C(OH)–C–C–N with tert-alkyl or cyclic N) is 1. The molecular formula is C19H23N3O3. The third kappa shape index (κ3) is 2.02. The van der Waals surface area contributed by atoms with Crippen molar-refractivity contribution in [1.82, 2.24) is 14.7 Å². The molecule has 4 aliphatic rings. The minimum absolute atomic E-state index is 0.102. The van der Waals surface area contributed by atoms with Gasteiger partial charge in [-0.3, -0.25) is 24.3 Å². The van der Waals surface area contributed by atoms with E-state index in [1.165, 1.54) is 16.0 Å². The molecule has 3 heterocycles. The van der Waals surface area contributed by atoms with Gasteiger partial charge in [0.25, 0.3) is 5.91 Å². The minimum Gasteiger partial charge on any atom is -0.392 e. The maximum atomic E-state index is 12.9. The Morgan fingerprint density at radius 3 is 2.40 bits per heavy atom. The van der Waals surface area contributed by atoms with Gasteiger partial charge in [0.1, 0.15) is 5.54 Å². The van der Waals surface area contributed by atoms with Crippen LogP contribution in [-0.2, 0) is 22.4 Å². The maximum Gasteiger partial charge on any atom is 0.252 e. The number of hydrogen-bond donors (Lipinski definition) is 1. The molecule has 0 aromatic heterocycles. The Kier molecular flexibility index (Phi) is 3.18. The van der Waals surface area contributed by atoms with Crippen LogP contribution in [-0.4, -0.2) is 82.0 Å². The zero-order valence-electron chi connectivity index (χ0n) is 14.4. The van der Waals surface area contributed by atoms with Crippen LogP contribution < -0.4 is 0 Å². The molecule has 1 aliphatic carbocycles. The minimum atomic E-state index is -0.625. The zero-order chi connectivity index (χ0) is 17.3. The van der Waals surface area contributed by atoms with Crippen LogP contribution in [0.15, 0.2) is 24.3 Å². The number of carbonyl (C=O) groups is 2. The Morgan fingerprint density at radius 1 is 1.12 bits per heavy atom. The molecule has 0 bridgehead atoms. The summed E-state index contributed by atoms with van der Waals surface area (Å²) < 4.78 is 0. The SMILES string of the molecule is CN1C(=O)[C@@H]2C[C@@H](O)CN2C2(CN(C3Cc4ccccc4C3)C2)C1=O. The summed E-state index contributed by atoms with van der Waals surface area (Å²) in [4.78, 5) is 31.0. The van der Waals surface area contributed by atoms with E-state index in [2.05, 4.69) is 29.2 Å². The van der Waals surface area contributed by atoms with Crippen molar-refractivity contribution in [3.63, 3.8) is 0 Å². The molecule has 0 radical (unpaired) electrons. The molecule has 132 valence electrons. The Labute approximate surface area is 147 Å². The number of carbonyl (C=O) groups excluding carboxylic acids is 2. The van der Waals surface area contributed by atoms with E-state index in [-0.39, 0.29) is 17.9 Å². The highest BCUT2D eigenvalue weighted by molar-refractivity contribution is 6.05. The smallest absolute Gasteiger partial charge is 0.252 e. The summed E-state index contributed by atoms with van der Waals surface area (Å²) in [7, 11) is 1.59. The molecule has 6 heteroatoms. The van der Waals surface area contributed by atoms with E-state index < -0.39 is 11.6 Å². The van der Waals surface area contributed by atoms with Crippen molar-refractivity contribution in [3.05, 3.63) is 35.4 Å². The largest absolute Gasteiger partial charge is 0.392 e. The monoisotopic (exact) mass is 341 g/mol. The second kappa shape index (κ2) is 5.13. The van der Waals surface area contributed by atoms with Crippen molar-refractivity contribution in [1.29, 1.82) is 0 Å².